The Hall–Kier alpha value is -2.45. The Morgan fingerprint density at radius 1 is 1.31 bits per heavy atom. The second-order valence-corrected chi connectivity index (χ2v) is 9.13. The maximum Gasteiger partial charge on any atom is 0.339 e. The van der Waals surface area contributed by atoms with Crippen LogP contribution in [-0.4, -0.2) is 34.7 Å². The van der Waals surface area contributed by atoms with Crippen molar-refractivity contribution in [2.24, 2.45) is 5.92 Å². The minimum Gasteiger partial charge on any atom is -0.465 e. The predicted molar refractivity (Wildman–Crippen MR) is 116 cm³/mol. The summed E-state index contributed by atoms with van der Waals surface area (Å²) in [6, 6.07) is 6.81. The zero-order valence-electron chi connectivity index (χ0n) is 16.2. The second kappa shape index (κ2) is 8.51. The monoisotopic (exact) mass is 427 g/mol. The van der Waals surface area contributed by atoms with Gasteiger partial charge in [-0.1, -0.05) is 30.8 Å². The van der Waals surface area contributed by atoms with Gasteiger partial charge in [-0.25, -0.2) is 14.8 Å². The van der Waals surface area contributed by atoms with Crippen LogP contribution in [0.4, 0.5) is 5.69 Å². The number of rotatable bonds is 5. The molecule has 2 heterocycles. The number of nitrogens with one attached hydrogen (secondary N) is 1. The Kier molecular flexibility index (Phi) is 5.82. The van der Waals surface area contributed by atoms with E-state index in [2.05, 4.69) is 22.2 Å². The van der Waals surface area contributed by atoms with E-state index in [0.717, 1.165) is 28.1 Å². The molecule has 1 aliphatic rings. The lowest BCUT2D eigenvalue weighted by Crippen LogP contribution is -2.17. The van der Waals surface area contributed by atoms with E-state index in [1.807, 2.05) is 0 Å². The Labute approximate surface area is 177 Å². The Bertz CT molecular complexity index is 1080. The van der Waals surface area contributed by atoms with Gasteiger partial charge in [0.1, 0.15) is 16.2 Å². The first-order valence-electron chi connectivity index (χ1n) is 9.42. The average Bonchev–Trinajstić information content (AvgIpc) is 3.10. The van der Waals surface area contributed by atoms with Gasteiger partial charge in [-0.3, -0.25) is 4.79 Å². The molecule has 0 fully saturated rings. The van der Waals surface area contributed by atoms with Crippen molar-refractivity contribution in [3.05, 3.63) is 46.6 Å². The number of esters is 1. The van der Waals surface area contributed by atoms with E-state index in [9.17, 15) is 9.59 Å². The highest BCUT2D eigenvalue weighted by atomic mass is 32.2. The molecule has 0 unspecified atom stereocenters. The number of thiophene rings is 1. The molecule has 4 rings (SSSR count). The summed E-state index contributed by atoms with van der Waals surface area (Å²) >= 11 is 3.15. The quantitative estimate of drug-likeness (QED) is 0.371. The molecule has 1 amide bonds. The maximum absolute atomic E-state index is 12.5. The van der Waals surface area contributed by atoms with Gasteiger partial charge in [0, 0.05) is 10.3 Å². The van der Waals surface area contributed by atoms with Crippen molar-refractivity contribution < 1.29 is 14.3 Å². The minimum absolute atomic E-state index is 0.197. The van der Waals surface area contributed by atoms with Crippen LogP contribution in [0.5, 0.6) is 0 Å². The highest BCUT2D eigenvalue weighted by Gasteiger charge is 2.23. The first-order chi connectivity index (χ1) is 14.1. The van der Waals surface area contributed by atoms with E-state index < -0.39 is 5.97 Å². The van der Waals surface area contributed by atoms with E-state index >= 15 is 0 Å². The van der Waals surface area contributed by atoms with Crippen LogP contribution in [0.15, 0.2) is 35.6 Å². The largest absolute Gasteiger partial charge is 0.465 e. The molecule has 1 N–H and O–H groups in total. The van der Waals surface area contributed by atoms with Crippen LogP contribution in [-0.2, 0) is 22.4 Å². The van der Waals surface area contributed by atoms with Crippen molar-refractivity contribution in [2.75, 3.05) is 18.2 Å². The summed E-state index contributed by atoms with van der Waals surface area (Å²) < 4.78 is 4.78. The Morgan fingerprint density at radius 3 is 2.97 bits per heavy atom. The molecule has 1 aliphatic carbocycles. The number of aromatic nitrogens is 2. The van der Waals surface area contributed by atoms with Gasteiger partial charge in [-0.2, -0.15) is 0 Å². The fraction of sp³-hybridized carbons (Fsp3) is 0.333. The van der Waals surface area contributed by atoms with Gasteiger partial charge in [0.25, 0.3) is 0 Å². The van der Waals surface area contributed by atoms with E-state index in [1.165, 1.54) is 35.7 Å². The van der Waals surface area contributed by atoms with Crippen molar-refractivity contribution in [2.45, 2.75) is 31.2 Å². The summed E-state index contributed by atoms with van der Waals surface area (Å²) in [6.07, 6.45) is 4.87. The number of carbonyl (C=O) groups excluding carboxylic acids is 2. The fourth-order valence-corrected chi connectivity index (χ4v) is 5.80. The first-order valence-corrected chi connectivity index (χ1v) is 11.2. The third kappa shape index (κ3) is 4.13. The normalized spacial score (nSPS) is 15.7. The number of fused-ring (bicyclic) bond motifs is 3. The number of methoxy groups -OCH3 is 1. The van der Waals surface area contributed by atoms with Gasteiger partial charge < -0.3 is 10.1 Å². The molecule has 3 aromatic rings. The molecule has 0 radical (unpaired) electrons. The van der Waals surface area contributed by atoms with Crippen molar-refractivity contribution in [3.63, 3.8) is 0 Å². The lowest BCUT2D eigenvalue weighted by molar-refractivity contribution is -0.113. The number of amides is 1. The van der Waals surface area contributed by atoms with Crippen molar-refractivity contribution in [1.82, 2.24) is 9.97 Å². The number of anilines is 1. The molecular weight excluding hydrogens is 406 g/mol. The van der Waals surface area contributed by atoms with Gasteiger partial charge in [-0.05, 0) is 42.9 Å². The van der Waals surface area contributed by atoms with Gasteiger partial charge in [-0.15, -0.1) is 11.3 Å². The van der Waals surface area contributed by atoms with Crippen LogP contribution in [0, 0.1) is 5.92 Å². The lowest BCUT2D eigenvalue weighted by Gasteiger charge is -2.18. The molecule has 0 spiro atoms. The number of thioether (sulfide) groups is 1. The van der Waals surface area contributed by atoms with E-state index in [4.69, 9.17) is 4.74 Å². The number of aryl methyl sites for hydroxylation is 1. The molecule has 29 heavy (non-hydrogen) atoms. The molecule has 1 atom stereocenters. The van der Waals surface area contributed by atoms with Gasteiger partial charge in [0.2, 0.25) is 5.91 Å². The summed E-state index contributed by atoms with van der Waals surface area (Å²) in [5.74, 6) is 0.212. The average molecular weight is 428 g/mol. The topological polar surface area (TPSA) is 81.2 Å². The molecule has 0 bridgehead atoms. The first kappa shape index (κ1) is 19.8. The molecular formula is C21H21N3O3S2. The number of hydrogen-bond acceptors (Lipinski definition) is 7. The fourth-order valence-electron chi connectivity index (χ4n) is 3.56. The van der Waals surface area contributed by atoms with Crippen LogP contribution >= 0.6 is 23.1 Å². The smallest absolute Gasteiger partial charge is 0.339 e. The summed E-state index contributed by atoms with van der Waals surface area (Å²) in [5.41, 5.74) is 2.13. The van der Waals surface area contributed by atoms with Crippen molar-refractivity contribution >= 4 is 50.9 Å². The Balaban J connectivity index is 1.51. The second-order valence-electron chi connectivity index (χ2n) is 7.08. The molecule has 2 aromatic heterocycles. The van der Waals surface area contributed by atoms with Crippen LogP contribution in [0.25, 0.3) is 10.2 Å². The lowest BCUT2D eigenvalue weighted by atomic mass is 9.89. The third-order valence-electron chi connectivity index (χ3n) is 5.00. The summed E-state index contributed by atoms with van der Waals surface area (Å²) in [5, 5.41) is 4.75. The van der Waals surface area contributed by atoms with Gasteiger partial charge in [0.05, 0.1) is 24.1 Å². The summed E-state index contributed by atoms with van der Waals surface area (Å²) in [4.78, 5) is 35.7. The van der Waals surface area contributed by atoms with Gasteiger partial charge in [0.15, 0.2) is 0 Å². The summed E-state index contributed by atoms with van der Waals surface area (Å²) in [6.45, 7) is 2.28. The number of carbonyl (C=O) groups is 2. The van der Waals surface area contributed by atoms with E-state index in [-0.39, 0.29) is 11.7 Å². The standard InChI is InChI=1S/C21H21N3O3S2/c1-12-7-8-14-16(9-12)29-20-18(14)19(22-11-23-20)28-10-17(25)24-15-6-4-3-5-13(15)21(26)27-2/h3-6,11-12H,7-10H2,1-2H3,(H,24,25)/t12-/m0/s1. The molecule has 6 nitrogen and oxygen atoms in total. The van der Waals surface area contributed by atoms with Crippen LogP contribution in [0.3, 0.4) is 0 Å². The molecule has 0 saturated heterocycles. The number of hydrogen-bond donors (Lipinski definition) is 1. The highest BCUT2D eigenvalue weighted by Crippen LogP contribution is 2.40. The molecule has 150 valence electrons. The maximum atomic E-state index is 12.5. The van der Waals surface area contributed by atoms with E-state index in [0.29, 0.717) is 17.2 Å². The third-order valence-corrected chi connectivity index (χ3v) is 7.16. The zero-order chi connectivity index (χ0) is 20.4. The van der Waals surface area contributed by atoms with Crippen LogP contribution in [0.1, 0.15) is 34.1 Å². The van der Waals surface area contributed by atoms with E-state index in [1.54, 1.807) is 41.9 Å². The number of ether oxygens (including phenoxy) is 1. The molecule has 0 saturated carbocycles. The number of para-hydroxylation sites is 1. The van der Waals surface area contributed by atoms with Gasteiger partial charge >= 0.3 is 5.97 Å². The molecule has 8 heteroatoms. The number of benzene rings is 1. The van der Waals surface area contributed by atoms with Crippen molar-refractivity contribution in [3.8, 4) is 0 Å². The van der Waals surface area contributed by atoms with Crippen LogP contribution in [0.2, 0.25) is 0 Å². The van der Waals surface area contributed by atoms with Crippen molar-refractivity contribution in [1.29, 1.82) is 0 Å². The number of nitrogens with zero attached hydrogens (tertiary/aromatic N) is 2. The summed E-state index contributed by atoms with van der Waals surface area (Å²) in [7, 11) is 1.32. The van der Waals surface area contributed by atoms with Crippen LogP contribution < -0.4 is 5.32 Å². The highest BCUT2D eigenvalue weighted by molar-refractivity contribution is 8.00. The zero-order valence-corrected chi connectivity index (χ0v) is 17.9. The minimum atomic E-state index is -0.481. The molecule has 0 aliphatic heterocycles. The Morgan fingerprint density at radius 2 is 2.14 bits per heavy atom. The SMILES string of the molecule is COC(=O)c1ccccc1NC(=O)CSc1ncnc2sc3c(c12)CC[C@H](C)C3. The molecule has 1 aromatic carbocycles. The predicted octanol–water partition coefficient (Wildman–Crippen LogP) is 4.33.